The molecular weight excluding hydrogens is 170 g/mol. The molecule has 13 heavy (non-hydrogen) atoms. The molecule has 0 aromatic rings. The van der Waals surface area contributed by atoms with Crippen molar-refractivity contribution in [1.29, 1.82) is 0 Å². The topological polar surface area (TPSA) is 58.6 Å². The monoisotopic (exact) mass is 189 g/mol. The zero-order chi connectivity index (χ0) is 10.4. The van der Waals surface area contributed by atoms with E-state index in [0.29, 0.717) is 6.61 Å². The average Bonchev–Trinajstić information content (AvgIpc) is 1.96. The molecule has 0 rings (SSSR count). The van der Waals surface area contributed by atoms with E-state index in [1.807, 2.05) is 27.7 Å². The minimum atomic E-state index is -0.994. The Hall–Kier alpha value is -0.770. The molecule has 0 aliphatic heterocycles. The molecule has 1 atom stereocenters. The molecule has 0 saturated heterocycles. The predicted molar refractivity (Wildman–Crippen MR) is 50.9 cm³/mol. The van der Waals surface area contributed by atoms with Gasteiger partial charge in [0.2, 0.25) is 0 Å². The van der Waals surface area contributed by atoms with Crippen LogP contribution in [0.1, 0.15) is 27.7 Å². The van der Waals surface area contributed by atoms with Gasteiger partial charge in [-0.15, -0.1) is 0 Å². The molecule has 0 saturated carbocycles. The van der Waals surface area contributed by atoms with Gasteiger partial charge in [-0.2, -0.15) is 0 Å². The van der Waals surface area contributed by atoms with Gasteiger partial charge in [0.25, 0.3) is 0 Å². The van der Waals surface area contributed by atoms with Crippen molar-refractivity contribution < 1.29 is 14.6 Å². The second-order valence-electron chi connectivity index (χ2n) is 3.68. The normalized spacial score (nSPS) is 13.4. The van der Waals surface area contributed by atoms with Crippen LogP contribution in [0.2, 0.25) is 0 Å². The maximum Gasteiger partial charge on any atom is 0.404 e. The largest absolute Gasteiger partial charge is 0.465 e. The van der Waals surface area contributed by atoms with E-state index in [1.54, 1.807) is 0 Å². The van der Waals surface area contributed by atoms with Gasteiger partial charge in [0.05, 0.1) is 18.8 Å². The molecule has 4 nitrogen and oxygen atoms in total. The number of carbonyl (C=O) groups is 1. The van der Waals surface area contributed by atoms with Crippen LogP contribution in [0.5, 0.6) is 0 Å². The molecule has 0 aromatic carbocycles. The summed E-state index contributed by atoms with van der Waals surface area (Å²) in [5, 5.41) is 11.0. The van der Waals surface area contributed by atoms with Crippen LogP contribution in [-0.2, 0) is 4.74 Å². The maximum absolute atomic E-state index is 10.4. The van der Waals surface area contributed by atoms with Gasteiger partial charge in [-0.05, 0) is 19.8 Å². The summed E-state index contributed by atoms with van der Waals surface area (Å²) in [6, 6.07) is -0.125. The van der Waals surface area contributed by atoms with Crippen molar-refractivity contribution in [3.63, 3.8) is 0 Å². The second kappa shape index (κ2) is 5.80. The SMILES string of the molecule is CC(C)OC[C@H](NC(=O)O)C(C)C. The Balaban J connectivity index is 3.88. The summed E-state index contributed by atoms with van der Waals surface area (Å²) in [5.41, 5.74) is 0. The molecule has 0 heterocycles. The Labute approximate surface area is 79.3 Å². The van der Waals surface area contributed by atoms with Crippen LogP contribution < -0.4 is 5.32 Å². The fraction of sp³-hybridized carbons (Fsp3) is 0.889. The zero-order valence-corrected chi connectivity index (χ0v) is 8.70. The van der Waals surface area contributed by atoms with Crippen molar-refractivity contribution in [1.82, 2.24) is 5.32 Å². The van der Waals surface area contributed by atoms with Gasteiger partial charge in [0.1, 0.15) is 0 Å². The first kappa shape index (κ1) is 12.2. The van der Waals surface area contributed by atoms with Crippen LogP contribution >= 0.6 is 0 Å². The fourth-order valence-electron chi connectivity index (χ4n) is 0.856. The molecule has 0 aliphatic carbocycles. The Morgan fingerprint density at radius 2 is 1.92 bits per heavy atom. The summed E-state index contributed by atoms with van der Waals surface area (Å²) < 4.78 is 5.34. The lowest BCUT2D eigenvalue weighted by atomic mass is 10.1. The number of rotatable bonds is 5. The molecular formula is C9H19NO3. The van der Waals surface area contributed by atoms with Gasteiger partial charge < -0.3 is 15.2 Å². The minimum Gasteiger partial charge on any atom is -0.465 e. The van der Waals surface area contributed by atoms with Crippen molar-refractivity contribution in [3.8, 4) is 0 Å². The number of nitrogens with one attached hydrogen (secondary N) is 1. The lowest BCUT2D eigenvalue weighted by Crippen LogP contribution is -2.41. The number of carboxylic acid groups (broad SMARTS) is 1. The molecule has 0 bridgehead atoms. The van der Waals surface area contributed by atoms with Crippen LogP contribution in [-0.4, -0.2) is 30.0 Å². The summed E-state index contributed by atoms with van der Waals surface area (Å²) in [5.74, 6) is 0.245. The highest BCUT2D eigenvalue weighted by Gasteiger charge is 2.15. The highest BCUT2D eigenvalue weighted by molar-refractivity contribution is 5.64. The van der Waals surface area contributed by atoms with Crippen LogP contribution in [0, 0.1) is 5.92 Å². The Bertz CT molecular complexity index is 157. The number of ether oxygens (including phenoxy) is 1. The summed E-state index contributed by atoms with van der Waals surface area (Å²) in [6.07, 6.45) is -0.858. The number of amides is 1. The van der Waals surface area contributed by atoms with E-state index in [4.69, 9.17) is 9.84 Å². The fourth-order valence-corrected chi connectivity index (χ4v) is 0.856. The summed E-state index contributed by atoms with van der Waals surface area (Å²) in [4.78, 5) is 10.4. The molecule has 78 valence electrons. The Morgan fingerprint density at radius 3 is 2.23 bits per heavy atom. The van der Waals surface area contributed by atoms with Gasteiger partial charge in [0.15, 0.2) is 0 Å². The van der Waals surface area contributed by atoms with Crippen molar-refractivity contribution in [3.05, 3.63) is 0 Å². The predicted octanol–water partition coefficient (Wildman–Crippen LogP) is 1.70. The first-order valence-electron chi connectivity index (χ1n) is 4.54. The third-order valence-electron chi connectivity index (χ3n) is 1.72. The van der Waals surface area contributed by atoms with Gasteiger partial charge in [-0.25, -0.2) is 4.79 Å². The van der Waals surface area contributed by atoms with Crippen molar-refractivity contribution in [2.45, 2.75) is 39.8 Å². The van der Waals surface area contributed by atoms with E-state index >= 15 is 0 Å². The van der Waals surface area contributed by atoms with Crippen molar-refractivity contribution >= 4 is 6.09 Å². The lowest BCUT2D eigenvalue weighted by molar-refractivity contribution is 0.0516. The van der Waals surface area contributed by atoms with E-state index in [1.165, 1.54) is 0 Å². The third-order valence-corrected chi connectivity index (χ3v) is 1.72. The van der Waals surface area contributed by atoms with Gasteiger partial charge in [-0.1, -0.05) is 13.8 Å². The van der Waals surface area contributed by atoms with Crippen LogP contribution in [0.25, 0.3) is 0 Å². The smallest absolute Gasteiger partial charge is 0.404 e. The molecule has 0 aromatic heterocycles. The zero-order valence-electron chi connectivity index (χ0n) is 8.70. The van der Waals surface area contributed by atoms with E-state index in [-0.39, 0.29) is 18.1 Å². The van der Waals surface area contributed by atoms with Crippen molar-refractivity contribution in [2.24, 2.45) is 5.92 Å². The second-order valence-corrected chi connectivity index (χ2v) is 3.68. The van der Waals surface area contributed by atoms with Gasteiger partial charge in [0, 0.05) is 0 Å². The summed E-state index contributed by atoms with van der Waals surface area (Å²) >= 11 is 0. The van der Waals surface area contributed by atoms with Gasteiger partial charge in [-0.3, -0.25) is 0 Å². The van der Waals surface area contributed by atoms with Crippen LogP contribution in [0.15, 0.2) is 0 Å². The average molecular weight is 189 g/mol. The van der Waals surface area contributed by atoms with E-state index in [2.05, 4.69) is 5.32 Å². The molecule has 0 radical (unpaired) electrons. The molecule has 0 spiro atoms. The van der Waals surface area contributed by atoms with Crippen molar-refractivity contribution in [2.75, 3.05) is 6.61 Å². The van der Waals surface area contributed by atoms with E-state index < -0.39 is 6.09 Å². The molecule has 0 aliphatic rings. The number of hydrogen-bond acceptors (Lipinski definition) is 2. The highest BCUT2D eigenvalue weighted by atomic mass is 16.5. The molecule has 1 amide bonds. The standard InChI is InChI=1S/C9H19NO3/c1-6(2)8(10-9(11)12)5-13-7(3)4/h6-8,10H,5H2,1-4H3,(H,11,12)/t8-/m0/s1. The van der Waals surface area contributed by atoms with E-state index in [0.717, 1.165) is 0 Å². The Kier molecular flexibility index (Phi) is 5.46. The lowest BCUT2D eigenvalue weighted by Gasteiger charge is -2.21. The first-order chi connectivity index (χ1) is 5.93. The maximum atomic E-state index is 10.4. The number of hydrogen-bond donors (Lipinski definition) is 2. The van der Waals surface area contributed by atoms with Crippen LogP contribution in [0.3, 0.4) is 0 Å². The van der Waals surface area contributed by atoms with E-state index in [9.17, 15) is 4.79 Å². The molecule has 0 fully saturated rings. The summed E-state index contributed by atoms with van der Waals surface area (Å²) in [7, 11) is 0. The molecule has 2 N–H and O–H groups in total. The first-order valence-corrected chi connectivity index (χ1v) is 4.54. The highest BCUT2D eigenvalue weighted by Crippen LogP contribution is 2.03. The van der Waals surface area contributed by atoms with Crippen LogP contribution in [0.4, 0.5) is 4.79 Å². The molecule has 0 unspecified atom stereocenters. The third kappa shape index (κ3) is 6.40. The minimum absolute atomic E-state index is 0.125. The quantitative estimate of drug-likeness (QED) is 0.692. The Morgan fingerprint density at radius 1 is 1.38 bits per heavy atom. The molecule has 4 heteroatoms. The summed E-state index contributed by atoms with van der Waals surface area (Å²) in [6.45, 7) is 8.21. The van der Waals surface area contributed by atoms with Gasteiger partial charge >= 0.3 is 6.09 Å².